The molecule has 3 aliphatic rings. The number of cyclic esters (lactones) is 1. The van der Waals surface area contributed by atoms with E-state index in [1.807, 2.05) is 0 Å². The highest BCUT2D eigenvalue weighted by atomic mass is 127. The van der Waals surface area contributed by atoms with Gasteiger partial charge in [-0.1, -0.05) is 22.6 Å². The van der Waals surface area contributed by atoms with Gasteiger partial charge < -0.3 is 9.64 Å². The van der Waals surface area contributed by atoms with Crippen LogP contribution in [0.15, 0.2) is 0 Å². The van der Waals surface area contributed by atoms with Gasteiger partial charge in [-0.15, -0.1) is 0 Å². The van der Waals surface area contributed by atoms with Crippen LogP contribution in [0.4, 0.5) is 0 Å². The first-order chi connectivity index (χ1) is 8.22. The minimum atomic E-state index is 0.0299. The highest BCUT2D eigenvalue weighted by molar-refractivity contribution is 14.1. The molecule has 3 nitrogen and oxygen atoms in total. The van der Waals surface area contributed by atoms with Crippen LogP contribution in [0, 0.1) is 11.3 Å². The van der Waals surface area contributed by atoms with Gasteiger partial charge in [0.1, 0.15) is 6.10 Å². The second-order valence-electron chi connectivity index (χ2n) is 5.92. The number of rotatable bonds is 3. The van der Waals surface area contributed by atoms with Gasteiger partial charge in [-0.2, -0.15) is 0 Å². The third-order valence-corrected chi connectivity index (χ3v) is 5.46. The Labute approximate surface area is 116 Å². The molecule has 96 valence electrons. The van der Waals surface area contributed by atoms with Crippen molar-refractivity contribution in [2.75, 3.05) is 24.1 Å². The van der Waals surface area contributed by atoms with Crippen LogP contribution in [0.25, 0.3) is 0 Å². The SMILES string of the molecule is O=C1CC2(CCN(CC3CC3)CC2)C(CI)O1. The van der Waals surface area contributed by atoms with Gasteiger partial charge in [0.05, 0.1) is 6.42 Å². The molecule has 0 radical (unpaired) electrons. The van der Waals surface area contributed by atoms with Crippen LogP contribution >= 0.6 is 22.6 Å². The fourth-order valence-electron chi connectivity index (χ4n) is 3.27. The number of esters is 1. The summed E-state index contributed by atoms with van der Waals surface area (Å²) in [4.78, 5) is 14.1. The van der Waals surface area contributed by atoms with Gasteiger partial charge in [0.15, 0.2) is 0 Å². The predicted molar refractivity (Wildman–Crippen MR) is 74.2 cm³/mol. The van der Waals surface area contributed by atoms with Crippen molar-refractivity contribution >= 4 is 28.6 Å². The van der Waals surface area contributed by atoms with Gasteiger partial charge in [0, 0.05) is 16.4 Å². The molecule has 1 unspecified atom stereocenters. The Morgan fingerprint density at radius 2 is 2.06 bits per heavy atom. The van der Waals surface area contributed by atoms with Gasteiger partial charge in [-0.05, 0) is 44.7 Å². The number of halogens is 1. The molecule has 2 aliphatic heterocycles. The molecule has 0 bridgehead atoms. The number of piperidine rings is 1. The van der Waals surface area contributed by atoms with Crippen LogP contribution in [0.5, 0.6) is 0 Å². The van der Waals surface area contributed by atoms with E-state index in [4.69, 9.17) is 4.74 Å². The van der Waals surface area contributed by atoms with Crippen molar-refractivity contribution in [2.24, 2.45) is 11.3 Å². The summed E-state index contributed by atoms with van der Waals surface area (Å²) in [7, 11) is 0. The number of hydrogen-bond acceptors (Lipinski definition) is 3. The Bertz CT molecular complexity index is 309. The summed E-state index contributed by atoms with van der Waals surface area (Å²) in [5.74, 6) is 1.01. The molecule has 0 aromatic rings. The first-order valence-corrected chi connectivity index (χ1v) is 8.22. The summed E-state index contributed by atoms with van der Waals surface area (Å²) >= 11 is 2.36. The molecule has 1 atom stereocenters. The van der Waals surface area contributed by atoms with E-state index in [1.54, 1.807) is 0 Å². The minimum absolute atomic E-state index is 0.0299. The van der Waals surface area contributed by atoms with Crippen LogP contribution in [0.1, 0.15) is 32.1 Å². The zero-order valence-corrected chi connectivity index (χ0v) is 12.3. The largest absolute Gasteiger partial charge is 0.461 e. The van der Waals surface area contributed by atoms with Crippen LogP contribution < -0.4 is 0 Å². The lowest BCUT2D eigenvalue weighted by Gasteiger charge is -2.40. The van der Waals surface area contributed by atoms with Gasteiger partial charge in [-0.25, -0.2) is 0 Å². The van der Waals surface area contributed by atoms with Crippen molar-refractivity contribution in [2.45, 2.75) is 38.2 Å². The second kappa shape index (κ2) is 4.68. The summed E-state index contributed by atoms with van der Waals surface area (Å²) in [6, 6.07) is 0. The van der Waals surface area contributed by atoms with Crippen molar-refractivity contribution in [1.82, 2.24) is 4.90 Å². The highest BCUT2D eigenvalue weighted by Crippen LogP contribution is 2.45. The summed E-state index contributed by atoms with van der Waals surface area (Å²) in [5, 5.41) is 0. The average molecular weight is 349 g/mol. The molecule has 3 fully saturated rings. The number of carbonyl (C=O) groups is 1. The lowest BCUT2D eigenvalue weighted by atomic mass is 9.73. The highest BCUT2D eigenvalue weighted by Gasteiger charge is 2.49. The fourth-order valence-corrected chi connectivity index (χ4v) is 4.38. The number of nitrogens with zero attached hydrogens (tertiary/aromatic N) is 1. The molecule has 1 saturated carbocycles. The first kappa shape index (κ1) is 12.2. The molecular weight excluding hydrogens is 329 g/mol. The Hall–Kier alpha value is 0.160. The zero-order valence-electron chi connectivity index (χ0n) is 10.2. The van der Waals surface area contributed by atoms with Gasteiger partial charge in [0.25, 0.3) is 0 Å². The topological polar surface area (TPSA) is 29.5 Å². The molecule has 3 rings (SSSR count). The van der Waals surface area contributed by atoms with E-state index < -0.39 is 0 Å². The van der Waals surface area contributed by atoms with Crippen molar-refractivity contribution in [3.63, 3.8) is 0 Å². The summed E-state index contributed by atoms with van der Waals surface area (Å²) < 4.78 is 6.42. The maximum absolute atomic E-state index is 11.5. The average Bonchev–Trinajstić information content (AvgIpc) is 3.07. The maximum Gasteiger partial charge on any atom is 0.306 e. The van der Waals surface area contributed by atoms with Crippen LogP contribution in [-0.2, 0) is 9.53 Å². The summed E-state index contributed by atoms with van der Waals surface area (Å²) in [5.41, 5.74) is 0.179. The van der Waals surface area contributed by atoms with E-state index in [2.05, 4.69) is 27.5 Å². The normalized spacial score (nSPS) is 33.0. The van der Waals surface area contributed by atoms with E-state index in [1.165, 1.54) is 32.5 Å². The van der Waals surface area contributed by atoms with Gasteiger partial charge in [-0.3, -0.25) is 4.79 Å². The van der Waals surface area contributed by atoms with E-state index >= 15 is 0 Å². The van der Waals surface area contributed by atoms with Crippen LogP contribution in [0.3, 0.4) is 0 Å². The van der Waals surface area contributed by atoms with Crippen molar-refractivity contribution in [3.05, 3.63) is 0 Å². The third kappa shape index (κ3) is 2.48. The maximum atomic E-state index is 11.5. The molecule has 2 heterocycles. The lowest BCUT2D eigenvalue weighted by Crippen LogP contribution is -2.45. The number of likely N-dealkylation sites (tertiary alicyclic amines) is 1. The molecule has 0 aromatic carbocycles. The lowest BCUT2D eigenvalue weighted by molar-refractivity contribution is -0.140. The standard InChI is InChI=1S/C13H20INO2/c14-8-11-13(7-12(16)17-11)3-5-15(6-4-13)9-10-1-2-10/h10-11H,1-9H2. The van der Waals surface area contributed by atoms with Crippen LogP contribution in [0.2, 0.25) is 0 Å². The summed E-state index contributed by atoms with van der Waals surface area (Å²) in [6.45, 7) is 3.63. The van der Waals surface area contributed by atoms with E-state index in [0.29, 0.717) is 6.42 Å². The van der Waals surface area contributed by atoms with E-state index in [9.17, 15) is 4.79 Å². The van der Waals surface area contributed by atoms with Crippen LogP contribution in [-0.4, -0.2) is 41.0 Å². The van der Waals surface area contributed by atoms with Crippen molar-refractivity contribution in [3.8, 4) is 0 Å². The Balaban J connectivity index is 1.60. The first-order valence-electron chi connectivity index (χ1n) is 6.70. The van der Waals surface area contributed by atoms with E-state index in [0.717, 1.165) is 23.2 Å². The number of alkyl halides is 1. The number of hydrogen-bond donors (Lipinski definition) is 0. The summed E-state index contributed by atoms with van der Waals surface area (Å²) in [6.07, 6.45) is 6.01. The van der Waals surface area contributed by atoms with Gasteiger partial charge in [0.2, 0.25) is 0 Å². The molecule has 0 amide bonds. The number of ether oxygens (including phenoxy) is 1. The van der Waals surface area contributed by atoms with Gasteiger partial charge >= 0.3 is 5.97 Å². The fraction of sp³-hybridized carbons (Fsp3) is 0.923. The molecule has 2 saturated heterocycles. The Kier molecular flexibility index (Phi) is 3.36. The smallest absolute Gasteiger partial charge is 0.306 e. The molecular formula is C13H20INO2. The predicted octanol–water partition coefficient (Wildman–Crippen LogP) is 2.23. The number of carbonyl (C=O) groups excluding carboxylic acids is 1. The molecule has 4 heteroatoms. The Morgan fingerprint density at radius 1 is 1.35 bits per heavy atom. The third-order valence-electron chi connectivity index (χ3n) is 4.66. The minimum Gasteiger partial charge on any atom is -0.461 e. The molecule has 17 heavy (non-hydrogen) atoms. The monoisotopic (exact) mass is 349 g/mol. The zero-order chi connectivity index (χ0) is 11.9. The van der Waals surface area contributed by atoms with Crippen molar-refractivity contribution < 1.29 is 9.53 Å². The Morgan fingerprint density at radius 3 is 2.65 bits per heavy atom. The quantitative estimate of drug-likeness (QED) is 0.445. The van der Waals surface area contributed by atoms with Crippen molar-refractivity contribution in [1.29, 1.82) is 0 Å². The second-order valence-corrected chi connectivity index (χ2v) is 6.80. The molecule has 0 aromatic heterocycles. The molecule has 0 N–H and O–H groups in total. The van der Waals surface area contributed by atoms with E-state index in [-0.39, 0.29) is 17.5 Å². The molecule has 1 spiro atoms. The molecule has 1 aliphatic carbocycles.